The molecule has 7 nitrogen and oxygen atoms in total. The van der Waals surface area contributed by atoms with Crippen molar-refractivity contribution in [3.8, 4) is 5.75 Å². The van der Waals surface area contributed by atoms with E-state index in [1.807, 2.05) is 68.4 Å². The van der Waals surface area contributed by atoms with Crippen molar-refractivity contribution in [2.24, 2.45) is 0 Å². The lowest BCUT2D eigenvalue weighted by Crippen LogP contribution is -2.32. The summed E-state index contributed by atoms with van der Waals surface area (Å²) in [6.45, 7) is 3.43. The van der Waals surface area contributed by atoms with Gasteiger partial charge in [-0.2, -0.15) is 0 Å². The third-order valence-corrected chi connectivity index (χ3v) is 6.25. The van der Waals surface area contributed by atoms with Crippen molar-refractivity contribution in [1.82, 2.24) is 14.8 Å². The number of carbonyl (C=O) groups is 2. The molecule has 1 unspecified atom stereocenters. The molecule has 1 amide bonds. The molecule has 186 valence electrons. The summed E-state index contributed by atoms with van der Waals surface area (Å²) in [4.78, 5) is 34.0. The number of hydrogen-bond donors (Lipinski definition) is 1. The average Bonchev–Trinajstić information content (AvgIpc) is 3.13. The van der Waals surface area contributed by atoms with E-state index in [1.54, 1.807) is 35.5 Å². The lowest BCUT2D eigenvalue weighted by Gasteiger charge is -2.25. The largest absolute Gasteiger partial charge is 0.507 e. The number of ether oxygens (including phenoxy) is 1. The Morgan fingerprint density at radius 1 is 1.08 bits per heavy atom. The van der Waals surface area contributed by atoms with E-state index in [0.717, 1.165) is 17.7 Å². The number of aromatic nitrogens is 1. The minimum atomic E-state index is -0.700. The van der Waals surface area contributed by atoms with Gasteiger partial charge in [0.2, 0.25) is 0 Å². The predicted molar refractivity (Wildman–Crippen MR) is 138 cm³/mol. The number of rotatable bonds is 9. The minimum Gasteiger partial charge on any atom is -0.507 e. The molecule has 1 aromatic heterocycles. The summed E-state index contributed by atoms with van der Waals surface area (Å²) in [5, 5.41) is 11.4. The topological polar surface area (TPSA) is 83.0 Å². The second-order valence-electron chi connectivity index (χ2n) is 9.19. The molecular weight excluding hydrogens is 454 g/mol. The number of hydrogen-bond acceptors (Lipinski definition) is 6. The number of aliphatic hydroxyl groups excluding tert-OH is 1. The normalized spacial score (nSPS) is 17.1. The van der Waals surface area contributed by atoms with E-state index in [-0.39, 0.29) is 11.3 Å². The highest BCUT2D eigenvalue weighted by Gasteiger charge is 2.46. The summed E-state index contributed by atoms with van der Waals surface area (Å²) in [6.07, 6.45) is 3.97. The van der Waals surface area contributed by atoms with Gasteiger partial charge in [0, 0.05) is 24.5 Å². The fraction of sp³-hybridized carbons (Fsp3) is 0.276. The van der Waals surface area contributed by atoms with Crippen molar-refractivity contribution < 1.29 is 19.4 Å². The number of aryl methyl sites for hydroxylation is 1. The Labute approximate surface area is 211 Å². The van der Waals surface area contributed by atoms with Crippen LogP contribution in [0.5, 0.6) is 5.75 Å². The van der Waals surface area contributed by atoms with E-state index in [9.17, 15) is 14.7 Å². The van der Waals surface area contributed by atoms with Crippen molar-refractivity contribution in [3.05, 3.63) is 101 Å². The third kappa shape index (κ3) is 5.47. The van der Waals surface area contributed by atoms with Crippen LogP contribution in [0, 0.1) is 6.92 Å². The van der Waals surface area contributed by atoms with Crippen LogP contribution >= 0.6 is 0 Å². The molecule has 0 radical (unpaired) electrons. The van der Waals surface area contributed by atoms with Crippen molar-refractivity contribution in [1.29, 1.82) is 0 Å². The summed E-state index contributed by atoms with van der Waals surface area (Å²) in [6, 6.07) is 18.0. The second kappa shape index (κ2) is 11.2. The first-order valence-electron chi connectivity index (χ1n) is 12.0. The molecule has 4 rings (SSSR count). The lowest BCUT2D eigenvalue weighted by molar-refractivity contribution is -0.139. The maximum absolute atomic E-state index is 13.2. The van der Waals surface area contributed by atoms with Crippen molar-refractivity contribution in [2.75, 3.05) is 27.2 Å². The van der Waals surface area contributed by atoms with Crippen LogP contribution in [0.3, 0.4) is 0 Å². The number of benzene rings is 2. The van der Waals surface area contributed by atoms with Gasteiger partial charge in [-0.15, -0.1) is 0 Å². The zero-order valence-electron chi connectivity index (χ0n) is 20.8. The molecule has 1 aliphatic rings. The van der Waals surface area contributed by atoms with Crippen LogP contribution in [-0.2, 0) is 16.2 Å². The highest BCUT2D eigenvalue weighted by atomic mass is 16.5. The van der Waals surface area contributed by atoms with Crippen LogP contribution in [-0.4, -0.2) is 58.8 Å². The highest BCUT2D eigenvalue weighted by Crippen LogP contribution is 2.40. The summed E-state index contributed by atoms with van der Waals surface area (Å²) in [5.74, 6) is -0.829. The molecule has 1 N–H and O–H groups in total. The van der Waals surface area contributed by atoms with E-state index in [2.05, 4.69) is 4.98 Å². The van der Waals surface area contributed by atoms with Crippen LogP contribution in [0.2, 0.25) is 0 Å². The molecule has 3 aromatic rings. The Bertz CT molecular complexity index is 1260. The number of likely N-dealkylation sites (tertiary alicyclic amines) is 1. The van der Waals surface area contributed by atoms with Gasteiger partial charge in [0.25, 0.3) is 11.7 Å². The zero-order valence-corrected chi connectivity index (χ0v) is 20.8. The first-order chi connectivity index (χ1) is 17.4. The quantitative estimate of drug-likeness (QED) is 0.276. The van der Waals surface area contributed by atoms with E-state index in [0.29, 0.717) is 36.4 Å². The van der Waals surface area contributed by atoms with Crippen LogP contribution in [0.1, 0.15) is 34.7 Å². The molecule has 0 spiro atoms. The smallest absolute Gasteiger partial charge is 0.295 e. The van der Waals surface area contributed by atoms with E-state index >= 15 is 0 Å². The molecule has 0 saturated carbocycles. The molecule has 1 saturated heterocycles. The fourth-order valence-corrected chi connectivity index (χ4v) is 4.43. The number of nitrogens with zero attached hydrogens (tertiary/aromatic N) is 3. The number of ketones is 1. The van der Waals surface area contributed by atoms with E-state index in [4.69, 9.17) is 4.74 Å². The Morgan fingerprint density at radius 2 is 1.86 bits per heavy atom. The number of carbonyl (C=O) groups excluding carboxylic acids is 2. The van der Waals surface area contributed by atoms with E-state index in [1.165, 1.54) is 0 Å². The first kappa shape index (κ1) is 25.1. The van der Waals surface area contributed by atoms with Gasteiger partial charge in [-0.05, 0) is 74.9 Å². The molecule has 0 aliphatic carbocycles. The van der Waals surface area contributed by atoms with Crippen LogP contribution in [0.4, 0.5) is 0 Å². The molecular formula is C29H31N3O4. The Balaban J connectivity index is 1.66. The van der Waals surface area contributed by atoms with Gasteiger partial charge in [-0.1, -0.05) is 36.4 Å². The van der Waals surface area contributed by atoms with Gasteiger partial charge < -0.3 is 19.6 Å². The lowest BCUT2D eigenvalue weighted by atomic mass is 9.94. The molecule has 0 bridgehead atoms. The highest BCUT2D eigenvalue weighted by molar-refractivity contribution is 6.46. The molecule has 2 aromatic carbocycles. The summed E-state index contributed by atoms with van der Waals surface area (Å²) in [5.41, 5.74) is 3.04. The summed E-state index contributed by atoms with van der Waals surface area (Å²) < 4.78 is 5.90. The van der Waals surface area contributed by atoms with Gasteiger partial charge >= 0.3 is 0 Å². The standard InChI is InChI=1S/C29H31N3O4/c1-20-17-23(36-19-21-9-5-4-6-10-21)12-13-24(20)27(33)25-26(22-11-7-14-30-18-22)32(29(35)28(25)34)16-8-15-31(2)3/h4-7,9-14,17-18,26,33H,8,15-16,19H2,1-3H3/b27-25+. The Hall–Kier alpha value is -3.97. The zero-order chi connectivity index (χ0) is 25.7. The van der Waals surface area contributed by atoms with Gasteiger partial charge in [0.1, 0.15) is 18.1 Å². The monoisotopic (exact) mass is 485 g/mol. The van der Waals surface area contributed by atoms with Crippen LogP contribution in [0.25, 0.3) is 5.76 Å². The van der Waals surface area contributed by atoms with Crippen molar-refractivity contribution in [2.45, 2.75) is 26.0 Å². The average molecular weight is 486 g/mol. The maximum Gasteiger partial charge on any atom is 0.295 e. The van der Waals surface area contributed by atoms with Crippen molar-refractivity contribution >= 4 is 17.4 Å². The molecule has 1 atom stereocenters. The molecule has 36 heavy (non-hydrogen) atoms. The molecule has 1 aliphatic heterocycles. The van der Waals surface area contributed by atoms with Gasteiger partial charge in [0.05, 0.1) is 11.6 Å². The van der Waals surface area contributed by atoms with Crippen molar-refractivity contribution in [3.63, 3.8) is 0 Å². The number of pyridine rings is 1. The predicted octanol–water partition coefficient (Wildman–Crippen LogP) is 4.34. The number of Topliss-reactive ketones (excluding diaryl/α,β-unsaturated/α-hetero) is 1. The Kier molecular flexibility index (Phi) is 7.80. The molecule has 2 heterocycles. The summed E-state index contributed by atoms with van der Waals surface area (Å²) >= 11 is 0. The molecule has 1 fully saturated rings. The number of amides is 1. The van der Waals surface area contributed by atoms with E-state index < -0.39 is 17.7 Å². The third-order valence-electron chi connectivity index (χ3n) is 6.25. The fourth-order valence-electron chi connectivity index (χ4n) is 4.43. The summed E-state index contributed by atoms with van der Waals surface area (Å²) in [7, 11) is 3.92. The molecule has 7 heteroatoms. The van der Waals surface area contributed by atoms with Crippen LogP contribution in [0.15, 0.2) is 78.6 Å². The first-order valence-corrected chi connectivity index (χ1v) is 12.0. The SMILES string of the molecule is Cc1cc(OCc2ccccc2)ccc1/C(O)=C1\C(=O)C(=O)N(CCCN(C)C)C1c1cccnc1. The maximum atomic E-state index is 13.2. The van der Waals surface area contributed by atoms with Crippen LogP contribution < -0.4 is 4.74 Å². The minimum absolute atomic E-state index is 0.0823. The van der Waals surface area contributed by atoms with Gasteiger partial charge in [-0.3, -0.25) is 14.6 Å². The van der Waals surface area contributed by atoms with Gasteiger partial charge in [0.15, 0.2) is 0 Å². The number of aliphatic hydroxyl groups is 1. The Morgan fingerprint density at radius 3 is 2.53 bits per heavy atom. The van der Waals surface area contributed by atoms with Gasteiger partial charge in [-0.25, -0.2) is 0 Å². The second-order valence-corrected chi connectivity index (χ2v) is 9.19.